The van der Waals surface area contributed by atoms with Crippen LogP contribution in [-0.4, -0.2) is 19.1 Å². The van der Waals surface area contributed by atoms with E-state index in [4.69, 9.17) is 9.47 Å². The number of rotatable bonds is 6. The van der Waals surface area contributed by atoms with E-state index in [1.54, 1.807) is 0 Å². The van der Waals surface area contributed by atoms with Gasteiger partial charge in [0, 0.05) is 11.0 Å². The van der Waals surface area contributed by atoms with Gasteiger partial charge in [0.2, 0.25) is 5.82 Å². The number of ether oxygens (including phenoxy) is 2. The number of benzene rings is 2. The highest BCUT2D eigenvalue weighted by Crippen LogP contribution is 2.36. The van der Waals surface area contributed by atoms with Crippen molar-refractivity contribution < 1.29 is 36.3 Å². The van der Waals surface area contributed by atoms with E-state index in [1.165, 1.54) is 32.4 Å². The summed E-state index contributed by atoms with van der Waals surface area (Å²) < 4.78 is 77.2. The Morgan fingerprint density at radius 3 is 1.96 bits per heavy atom. The number of thioether (sulfide) groups is 1. The SMILES string of the molecule is COc1ccc(S/C(=C/c2c(F)c(F)c(F)c(F)c2F)[N+](=O)[O-])cc1OC. The summed E-state index contributed by atoms with van der Waals surface area (Å²) in [7, 11) is 2.70. The number of hydrogen-bond acceptors (Lipinski definition) is 5. The Morgan fingerprint density at radius 1 is 0.963 bits per heavy atom. The molecule has 0 unspecified atom stereocenters. The molecule has 0 fully saturated rings. The molecule has 0 aliphatic carbocycles. The van der Waals surface area contributed by atoms with Crippen LogP contribution in [-0.2, 0) is 0 Å². The maximum Gasteiger partial charge on any atom is 0.308 e. The topological polar surface area (TPSA) is 61.6 Å². The van der Waals surface area contributed by atoms with Gasteiger partial charge in [0.1, 0.15) is 0 Å². The zero-order chi connectivity index (χ0) is 20.3. The van der Waals surface area contributed by atoms with Crippen LogP contribution in [0.2, 0.25) is 0 Å². The van der Waals surface area contributed by atoms with E-state index < -0.39 is 44.6 Å². The van der Waals surface area contributed by atoms with E-state index in [2.05, 4.69) is 0 Å². The minimum absolute atomic E-state index is 0.208. The summed E-state index contributed by atoms with van der Waals surface area (Å²) in [6.07, 6.45) is 0.275. The molecule has 0 aliphatic rings. The fraction of sp³-hybridized carbons (Fsp3) is 0.125. The molecule has 0 heterocycles. The van der Waals surface area contributed by atoms with Crippen molar-refractivity contribution in [2.75, 3.05) is 14.2 Å². The Bertz CT molecular complexity index is 907. The predicted octanol–water partition coefficient (Wildman–Crippen LogP) is 4.77. The number of hydrogen-bond donors (Lipinski definition) is 0. The average Bonchev–Trinajstić information content (AvgIpc) is 2.66. The second-order valence-corrected chi connectivity index (χ2v) is 5.94. The first-order valence-electron chi connectivity index (χ1n) is 6.98. The van der Waals surface area contributed by atoms with Gasteiger partial charge in [0.25, 0.3) is 0 Å². The Kier molecular flexibility index (Phi) is 6.26. The molecule has 0 radical (unpaired) electrons. The molecule has 2 aromatic carbocycles. The standard InChI is InChI=1S/C16H10F5NO4S/c1-25-9-4-3-7(5-10(9)26-2)27-11(22(23)24)6-8-12(17)14(19)16(21)15(20)13(8)18/h3-6H,1-2H3/b11-6+. The number of halogens is 5. The zero-order valence-electron chi connectivity index (χ0n) is 13.7. The summed E-state index contributed by atoms with van der Waals surface area (Å²) in [5.41, 5.74) is -1.41. The molecule has 0 aliphatic heterocycles. The van der Waals surface area contributed by atoms with Crippen LogP contribution in [0.25, 0.3) is 6.08 Å². The van der Waals surface area contributed by atoms with Crippen molar-refractivity contribution >= 4 is 17.8 Å². The molecule has 144 valence electrons. The van der Waals surface area contributed by atoms with E-state index in [1.807, 2.05) is 0 Å². The smallest absolute Gasteiger partial charge is 0.308 e. The molecule has 0 saturated carbocycles. The largest absolute Gasteiger partial charge is 0.493 e. The first-order valence-corrected chi connectivity index (χ1v) is 7.80. The monoisotopic (exact) mass is 407 g/mol. The van der Waals surface area contributed by atoms with Crippen molar-refractivity contribution in [1.29, 1.82) is 0 Å². The summed E-state index contributed by atoms with van der Waals surface area (Å²) in [5, 5.41) is 10.3. The van der Waals surface area contributed by atoms with E-state index in [-0.39, 0.29) is 16.7 Å². The molecule has 0 aromatic heterocycles. The number of methoxy groups -OCH3 is 2. The Labute approximate surface area is 153 Å². The molecule has 2 rings (SSSR count). The molecule has 0 amide bonds. The van der Waals surface area contributed by atoms with Crippen molar-refractivity contribution in [3.63, 3.8) is 0 Å². The third-order valence-corrected chi connectivity index (χ3v) is 4.23. The summed E-state index contributed by atoms with van der Waals surface area (Å²) in [4.78, 5) is 10.4. The van der Waals surface area contributed by atoms with E-state index in [0.29, 0.717) is 17.5 Å². The molecular formula is C16H10F5NO4S. The molecule has 0 bridgehead atoms. The molecule has 27 heavy (non-hydrogen) atoms. The lowest BCUT2D eigenvalue weighted by Gasteiger charge is -2.09. The summed E-state index contributed by atoms with van der Waals surface area (Å²) in [5.74, 6) is -10.5. The molecule has 0 saturated heterocycles. The van der Waals surface area contributed by atoms with Gasteiger partial charge in [-0.05, 0) is 30.0 Å². The van der Waals surface area contributed by atoms with E-state index in [9.17, 15) is 32.1 Å². The van der Waals surface area contributed by atoms with E-state index >= 15 is 0 Å². The van der Waals surface area contributed by atoms with Gasteiger partial charge in [-0.1, -0.05) is 0 Å². The van der Waals surface area contributed by atoms with Crippen molar-refractivity contribution in [2.45, 2.75) is 4.90 Å². The predicted molar refractivity (Wildman–Crippen MR) is 86.6 cm³/mol. The third kappa shape index (κ3) is 4.13. The van der Waals surface area contributed by atoms with Crippen molar-refractivity contribution in [1.82, 2.24) is 0 Å². The molecule has 0 spiro atoms. The Balaban J connectivity index is 2.53. The first-order chi connectivity index (χ1) is 12.7. The molecule has 11 heteroatoms. The summed E-state index contributed by atoms with van der Waals surface area (Å²) in [6, 6.07) is 4.17. The maximum absolute atomic E-state index is 13.7. The highest BCUT2D eigenvalue weighted by molar-refractivity contribution is 8.03. The average molecular weight is 407 g/mol. The molecular weight excluding hydrogens is 397 g/mol. The van der Waals surface area contributed by atoms with Crippen LogP contribution in [0.1, 0.15) is 5.56 Å². The molecule has 0 N–H and O–H groups in total. The van der Waals surface area contributed by atoms with Crippen LogP contribution in [0, 0.1) is 39.2 Å². The normalized spacial score (nSPS) is 11.4. The number of nitro groups is 1. The number of nitrogens with zero attached hydrogens (tertiary/aromatic N) is 1. The lowest BCUT2D eigenvalue weighted by Crippen LogP contribution is -2.05. The van der Waals surface area contributed by atoms with Gasteiger partial charge in [0.05, 0.1) is 24.7 Å². The molecule has 5 nitrogen and oxygen atoms in total. The van der Waals surface area contributed by atoms with Crippen LogP contribution in [0.15, 0.2) is 28.1 Å². The lowest BCUT2D eigenvalue weighted by molar-refractivity contribution is -0.408. The van der Waals surface area contributed by atoms with E-state index in [0.717, 1.165) is 0 Å². The van der Waals surface area contributed by atoms with Gasteiger partial charge in [-0.15, -0.1) is 0 Å². The van der Waals surface area contributed by atoms with Crippen molar-refractivity contribution in [2.24, 2.45) is 0 Å². The summed E-state index contributed by atoms with van der Waals surface area (Å²) >= 11 is 0.428. The van der Waals surface area contributed by atoms with Crippen LogP contribution in [0.4, 0.5) is 22.0 Å². The third-order valence-electron chi connectivity index (χ3n) is 3.27. The fourth-order valence-corrected chi connectivity index (χ4v) is 2.79. The second kappa shape index (κ2) is 8.25. The Morgan fingerprint density at radius 2 is 1.48 bits per heavy atom. The van der Waals surface area contributed by atoms with Gasteiger partial charge < -0.3 is 9.47 Å². The van der Waals surface area contributed by atoms with Crippen LogP contribution < -0.4 is 9.47 Å². The second-order valence-electron chi connectivity index (χ2n) is 4.84. The van der Waals surface area contributed by atoms with Gasteiger partial charge in [-0.2, -0.15) is 0 Å². The molecule has 2 aromatic rings. The highest BCUT2D eigenvalue weighted by Gasteiger charge is 2.27. The van der Waals surface area contributed by atoms with Gasteiger partial charge in [-0.25, -0.2) is 22.0 Å². The fourth-order valence-electron chi connectivity index (χ4n) is 1.99. The van der Waals surface area contributed by atoms with Gasteiger partial charge in [-0.3, -0.25) is 10.1 Å². The van der Waals surface area contributed by atoms with Crippen molar-refractivity contribution in [3.05, 3.63) is 68.0 Å². The minimum atomic E-state index is -2.35. The van der Waals surface area contributed by atoms with Gasteiger partial charge >= 0.3 is 5.03 Å². The first kappa shape index (κ1) is 20.5. The van der Waals surface area contributed by atoms with Gasteiger partial charge in [0.15, 0.2) is 34.8 Å². The zero-order valence-corrected chi connectivity index (χ0v) is 14.5. The maximum atomic E-state index is 13.7. The van der Waals surface area contributed by atoms with Crippen molar-refractivity contribution in [3.8, 4) is 11.5 Å². The van der Waals surface area contributed by atoms with Crippen LogP contribution >= 0.6 is 11.8 Å². The minimum Gasteiger partial charge on any atom is -0.493 e. The summed E-state index contributed by atoms with van der Waals surface area (Å²) in [6.45, 7) is 0. The van der Waals surface area contributed by atoms with Crippen LogP contribution in [0.3, 0.4) is 0 Å². The highest BCUT2D eigenvalue weighted by atomic mass is 32.2. The molecule has 0 atom stereocenters. The quantitative estimate of drug-likeness (QED) is 0.172. The van der Waals surface area contributed by atoms with Crippen LogP contribution in [0.5, 0.6) is 11.5 Å². The lowest BCUT2D eigenvalue weighted by atomic mass is 10.1. The Hall–Kier alpha value is -2.82.